The quantitative estimate of drug-likeness (QED) is 0.541. The molecule has 2 aromatic heterocycles. The molecule has 1 saturated heterocycles. The van der Waals surface area contributed by atoms with E-state index >= 15 is 0 Å². The summed E-state index contributed by atoms with van der Waals surface area (Å²) in [6.07, 6.45) is 6.19. The fourth-order valence-corrected chi connectivity index (χ4v) is 4.93. The van der Waals surface area contributed by atoms with Gasteiger partial charge in [0.15, 0.2) is 0 Å². The zero-order valence-corrected chi connectivity index (χ0v) is 19.1. The Morgan fingerprint density at radius 2 is 1.97 bits per heavy atom. The summed E-state index contributed by atoms with van der Waals surface area (Å²) in [7, 11) is 0. The van der Waals surface area contributed by atoms with Crippen molar-refractivity contribution in [2.75, 3.05) is 19.6 Å². The molecule has 0 aliphatic carbocycles. The van der Waals surface area contributed by atoms with E-state index in [1.807, 2.05) is 24.4 Å². The summed E-state index contributed by atoms with van der Waals surface area (Å²) in [6.45, 7) is 6.83. The van der Waals surface area contributed by atoms with Crippen LogP contribution in [0.25, 0.3) is 0 Å². The van der Waals surface area contributed by atoms with E-state index in [1.54, 1.807) is 11.3 Å². The molecule has 0 atom stereocenters. The Hall–Kier alpha value is -2.44. The largest absolute Gasteiger partial charge is 0.350 e. The highest BCUT2D eigenvalue weighted by molar-refractivity contribution is 7.09. The first kappa shape index (κ1) is 21.8. The summed E-state index contributed by atoms with van der Waals surface area (Å²) in [5.74, 6) is 0.588. The van der Waals surface area contributed by atoms with E-state index in [2.05, 4.69) is 56.3 Å². The van der Waals surface area contributed by atoms with Gasteiger partial charge in [0.25, 0.3) is 5.91 Å². The molecule has 1 fully saturated rings. The summed E-state index contributed by atoms with van der Waals surface area (Å²) < 4.78 is 2.06. The average molecular weight is 437 g/mol. The van der Waals surface area contributed by atoms with Crippen molar-refractivity contribution in [2.24, 2.45) is 5.92 Å². The van der Waals surface area contributed by atoms with Crippen molar-refractivity contribution in [1.82, 2.24) is 19.8 Å². The van der Waals surface area contributed by atoms with Gasteiger partial charge in [-0.25, -0.2) is 4.98 Å². The number of thiazole rings is 1. The van der Waals surface area contributed by atoms with Crippen molar-refractivity contribution in [3.05, 3.63) is 76.0 Å². The van der Waals surface area contributed by atoms with Crippen molar-refractivity contribution >= 4 is 17.2 Å². The number of likely N-dealkylation sites (tertiary alicyclic amines) is 1. The Morgan fingerprint density at radius 1 is 1.16 bits per heavy atom. The van der Waals surface area contributed by atoms with Crippen LogP contribution in [-0.4, -0.2) is 40.0 Å². The highest BCUT2D eigenvalue weighted by Crippen LogP contribution is 2.20. The summed E-state index contributed by atoms with van der Waals surface area (Å²) in [5, 5.41) is 6.60. The Labute approximate surface area is 189 Å². The number of aromatic nitrogens is 2. The number of hydrogen-bond acceptors (Lipinski definition) is 4. The third kappa shape index (κ3) is 6.05. The number of rotatable bonds is 9. The number of benzene rings is 1. The maximum Gasteiger partial charge on any atom is 0.267 e. The highest BCUT2D eigenvalue weighted by Gasteiger charge is 2.21. The first-order valence-electron chi connectivity index (χ1n) is 11.3. The second kappa shape index (κ2) is 10.7. The molecule has 0 bridgehead atoms. The van der Waals surface area contributed by atoms with Gasteiger partial charge in [0.1, 0.15) is 5.69 Å². The minimum Gasteiger partial charge on any atom is -0.350 e. The monoisotopic (exact) mass is 436 g/mol. The van der Waals surface area contributed by atoms with Crippen LogP contribution < -0.4 is 5.32 Å². The van der Waals surface area contributed by atoms with Crippen LogP contribution in [0.2, 0.25) is 0 Å². The molecule has 4 rings (SSSR count). The predicted octanol–water partition coefficient (Wildman–Crippen LogP) is 4.39. The van der Waals surface area contributed by atoms with Gasteiger partial charge in [-0.15, -0.1) is 11.3 Å². The van der Waals surface area contributed by atoms with Gasteiger partial charge in [0.05, 0.1) is 10.7 Å². The molecule has 5 nitrogen and oxygen atoms in total. The third-order valence-corrected chi connectivity index (χ3v) is 7.13. The fourth-order valence-electron chi connectivity index (χ4n) is 4.20. The van der Waals surface area contributed by atoms with Crippen molar-refractivity contribution in [3.8, 4) is 0 Å². The molecule has 0 unspecified atom stereocenters. The third-order valence-electron chi connectivity index (χ3n) is 6.09. The van der Waals surface area contributed by atoms with Gasteiger partial charge in [0.2, 0.25) is 0 Å². The summed E-state index contributed by atoms with van der Waals surface area (Å²) >= 11 is 1.76. The van der Waals surface area contributed by atoms with Gasteiger partial charge in [-0.3, -0.25) is 9.69 Å². The fraction of sp³-hybridized carbons (Fsp3) is 0.440. The predicted molar refractivity (Wildman–Crippen MR) is 126 cm³/mol. The molecule has 0 saturated carbocycles. The zero-order chi connectivity index (χ0) is 21.5. The molecule has 0 spiro atoms. The minimum absolute atomic E-state index is 0.0371. The molecule has 1 aliphatic heterocycles. The van der Waals surface area contributed by atoms with Gasteiger partial charge in [-0.2, -0.15) is 0 Å². The normalized spacial score (nSPS) is 15.3. The summed E-state index contributed by atoms with van der Waals surface area (Å²) in [4.78, 5) is 19.9. The van der Waals surface area contributed by atoms with Crippen molar-refractivity contribution < 1.29 is 4.79 Å². The van der Waals surface area contributed by atoms with Gasteiger partial charge >= 0.3 is 0 Å². The molecular formula is C25H32N4OS. The van der Waals surface area contributed by atoms with Crippen LogP contribution in [0.5, 0.6) is 0 Å². The van der Waals surface area contributed by atoms with Crippen molar-refractivity contribution in [1.29, 1.82) is 0 Å². The molecule has 6 heteroatoms. The number of nitrogens with one attached hydrogen (secondary N) is 1. The van der Waals surface area contributed by atoms with Crippen molar-refractivity contribution in [3.63, 3.8) is 0 Å². The lowest BCUT2D eigenvalue weighted by atomic mass is 9.96. The zero-order valence-electron chi connectivity index (χ0n) is 18.3. The molecule has 164 valence electrons. The molecular weight excluding hydrogens is 404 g/mol. The Kier molecular flexibility index (Phi) is 7.54. The number of piperidine rings is 1. The lowest BCUT2D eigenvalue weighted by molar-refractivity contribution is 0.0925. The van der Waals surface area contributed by atoms with E-state index in [-0.39, 0.29) is 5.91 Å². The SMILES string of the molecule is CCc1nc(CN2CCC(CNC(=O)c3cccn3CCc3ccccc3)CC2)cs1. The van der Waals surface area contributed by atoms with Crippen molar-refractivity contribution in [2.45, 2.75) is 45.7 Å². The molecule has 3 heterocycles. The lowest BCUT2D eigenvalue weighted by Gasteiger charge is -2.31. The number of hydrogen-bond donors (Lipinski definition) is 1. The van der Waals surface area contributed by atoms with Gasteiger partial charge in [-0.1, -0.05) is 37.3 Å². The van der Waals surface area contributed by atoms with Crippen LogP contribution in [0.15, 0.2) is 54.0 Å². The van der Waals surface area contributed by atoms with Crippen LogP contribution in [0.3, 0.4) is 0 Å². The van der Waals surface area contributed by atoms with Crippen LogP contribution in [0, 0.1) is 5.92 Å². The molecule has 3 aromatic rings. The smallest absolute Gasteiger partial charge is 0.267 e. The van der Waals surface area contributed by atoms with Gasteiger partial charge in [0, 0.05) is 31.2 Å². The molecule has 1 amide bonds. The summed E-state index contributed by atoms with van der Waals surface area (Å²) in [5.41, 5.74) is 3.24. The van der Waals surface area contributed by atoms with Crippen LogP contribution >= 0.6 is 11.3 Å². The molecule has 0 radical (unpaired) electrons. The Bertz CT molecular complexity index is 957. The van der Waals surface area contributed by atoms with E-state index in [1.165, 1.54) is 16.3 Å². The Balaban J connectivity index is 1.20. The van der Waals surface area contributed by atoms with Crippen LogP contribution in [-0.2, 0) is 25.9 Å². The second-order valence-electron chi connectivity index (χ2n) is 8.34. The van der Waals surface area contributed by atoms with Gasteiger partial charge < -0.3 is 9.88 Å². The Morgan fingerprint density at radius 3 is 2.71 bits per heavy atom. The molecule has 31 heavy (non-hydrogen) atoms. The summed E-state index contributed by atoms with van der Waals surface area (Å²) in [6, 6.07) is 14.3. The molecule has 1 aliphatic rings. The first-order chi connectivity index (χ1) is 15.2. The minimum atomic E-state index is 0.0371. The number of amides is 1. The van der Waals surface area contributed by atoms with E-state index in [4.69, 9.17) is 0 Å². The second-order valence-corrected chi connectivity index (χ2v) is 9.28. The molecule has 1 aromatic carbocycles. The van der Waals surface area contributed by atoms with E-state index in [0.717, 1.165) is 64.1 Å². The highest BCUT2D eigenvalue weighted by atomic mass is 32.1. The van der Waals surface area contributed by atoms with E-state index < -0.39 is 0 Å². The lowest BCUT2D eigenvalue weighted by Crippen LogP contribution is -2.38. The topological polar surface area (TPSA) is 50.2 Å². The van der Waals surface area contributed by atoms with E-state index in [0.29, 0.717) is 5.92 Å². The standard InChI is InChI=1S/C25H32N4OS/c1-2-24-27-22(19-31-24)18-28-14-10-21(11-15-28)17-26-25(30)23-9-6-13-29(23)16-12-20-7-4-3-5-8-20/h3-9,13,19,21H,2,10-12,14-18H2,1H3,(H,26,30). The van der Waals surface area contributed by atoms with Crippen LogP contribution in [0.1, 0.15) is 46.5 Å². The number of carbonyl (C=O) groups is 1. The maximum atomic E-state index is 12.8. The first-order valence-corrected chi connectivity index (χ1v) is 12.2. The van der Waals surface area contributed by atoms with Gasteiger partial charge in [-0.05, 0) is 62.4 Å². The number of nitrogens with zero attached hydrogens (tertiary/aromatic N) is 3. The maximum absolute atomic E-state index is 12.8. The average Bonchev–Trinajstić information content (AvgIpc) is 3.47. The van der Waals surface area contributed by atoms with E-state index in [9.17, 15) is 4.79 Å². The number of aryl methyl sites for hydroxylation is 3. The van der Waals surface area contributed by atoms with Crippen LogP contribution in [0.4, 0.5) is 0 Å². The molecule has 1 N–H and O–H groups in total. The number of carbonyl (C=O) groups excluding carboxylic acids is 1.